The Bertz CT molecular complexity index is 401. The summed E-state index contributed by atoms with van der Waals surface area (Å²) in [6, 6.07) is 1.40. The van der Waals surface area contributed by atoms with Gasteiger partial charge in [0.15, 0.2) is 11.5 Å². The molecule has 5 heteroatoms. The number of carboxylic acid groups (broad SMARTS) is 1. The average molecular weight is 211 g/mol. The van der Waals surface area contributed by atoms with Gasteiger partial charge >= 0.3 is 5.97 Å². The zero-order valence-corrected chi connectivity index (χ0v) is 8.83. The molecule has 0 aliphatic carbocycles. The van der Waals surface area contributed by atoms with Crippen LogP contribution in [0.5, 0.6) is 11.5 Å². The molecule has 0 bridgehead atoms. The Morgan fingerprint density at radius 3 is 2.40 bits per heavy atom. The zero-order valence-electron chi connectivity index (χ0n) is 8.83. The Kier molecular flexibility index (Phi) is 3.04. The fourth-order valence-electron chi connectivity index (χ4n) is 1.34. The summed E-state index contributed by atoms with van der Waals surface area (Å²) in [4.78, 5) is 10.9. The van der Waals surface area contributed by atoms with E-state index >= 15 is 0 Å². The summed E-state index contributed by atoms with van der Waals surface area (Å²) < 4.78 is 10.0. The number of methoxy groups -OCH3 is 2. The first-order chi connectivity index (χ1) is 7.02. The first-order valence-electron chi connectivity index (χ1n) is 4.27. The largest absolute Gasteiger partial charge is 0.493 e. The van der Waals surface area contributed by atoms with Crippen molar-refractivity contribution in [1.82, 2.24) is 0 Å². The number of rotatable bonds is 3. The monoisotopic (exact) mass is 211 g/mol. The topological polar surface area (TPSA) is 81.8 Å². The third-order valence-corrected chi connectivity index (χ3v) is 2.21. The Hall–Kier alpha value is -1.91. The number of anilines is 1. The van der Waals surface area contributed by atoms with Crippen LogP contribution in [-0.4, -0.2) is 25.3 Å². The molecule has 5 nitrogen and oxygen atoms in total. The average Bonchev–Trinajstić information content (AvgIpc) is 2.21. The van der Waals surface area contributed by atoms with Gasteiger partial charge in [0.2, 0.25) is 0 Å². The number of hydrogen-bond donors (Lipinski definition) is 2. The third kappa shape index (κ3) is 1.81. The maximum atomic E-state index is 10.9. The Balaban J connectivity index is 3.49. The number of aromatic carboxylic acids is 1. The Morgan fingerprint density at radius 1 is 1.40 bits per heavy atom. The van der Waals surface area contributed by atoms with E-state index in [1.54, 1.807) is 6.92 Å². The van der Waals surface area contributed by atoms with E-state index in [0.717, 1.165) is 0 Å². The molecule has 0 heterocycles. The van der Waals surface area contributed by atoms with Crippen LogP contribution in [0.15, 0.2) is 6.07 Å². The standard InChI is InChI=1S/C10H13NO4/c1-5-6(10(12)13)4-7(14-2)9(15-3)8(5)11/h4H,11H2,1-3H3,(H,12,13). The minimum atomic E-state index is -1.04. The normalized spacial score (nSPS) is 9.80. The summed E-state index contributed by atoms with van der Waals surface area (Å²) in [6.07, 6.45) is 0. The second kappa shape index (κ2) is 4.08. The molecule has 0 radical (unpaired) electrons. The van der Waals surface area contributed by atoms with Crippen LogP contribution in [-0.2, 0) is 0 Å². The van der Waals surface area contributed by atoms with Crippen molar-refractivity contribution >= 4 is 11.7 Å². The van der Waals surface area contributed by atoms with E-state index < -0.39 is 5.97 Å². The molecule has 0 atom stereocenters. The number of nitrogen functional groups attached to an aromatic ring is 1. The van der Waals surface area contributed by atoms with Gasteiger partial charge in [0.1, 0.15) is 0 Å². The van der Waals surface area contributed by atoms with E-state index in [1.165, 1.54) is 20.3 Å². The molecule has 0 saturated heterocycles. The second-order valence-electron chi connectivity index (χ2n) is 3.00. The summed E-state index contributed by atoms with van der Waals surface area (Å²) in [7, 11) is 2.88. The molecular formula is C10H13NO4. The summed E-state index contributed by atoms with van der Waals surface area (Å²) in [5.41, 5.74) is 6.61. The lowest BCUT2D eigenvalue weighted by molar-refractivity contribution is 0.0695. The van der Waals surface area contributed by atoms with E-state index in [-0.39, 0.29) is 11.3 Å². The molecule has 1 aromatic carbocycles. The lowest BCUT2D eigenvalue weighted by atomic mass is 10.1. The summed E-state index contributed by atoms with van der Waals surface area (Å²) in [6.45, 7) is 1.63. The van der Waals surface area contributed by atoms with E-state index in [9.17, 15) is 4.79 Å². The Morgan fingerprint density at radius 2 is 2.00 bits per heavy atom. The van der Waals surface area contributed by atoms with Gasteiger partial charge in [-0.05, 0) is 18.6 Å². The van der Waals surface area contributed by atoms with Gasteiger partial charge in [0, 0.05) is 0 Å². The molecule has 15 heavy (non-hydrogen) atoms. The minimum absolute atomic E-state index is 0.116. The van der Waals surface area contributed by atoms with Crippen molar-refractivity contribution < 1.29 is 19.4 Å². The van der Waals surface area contributed by atoms with Crippen LogP contribution in [0, 0.1) is 6.92 Å². The lowest BCUT2D eigenvalue weighted by Crippen LogP contribution is -2.06. The third-order valence-electron chi connectivity index (χ3n) is 2.21. The molecular weight excluding hydrogens is 198 g/mol. The number of carboxylic acids is 1. The summed E-state index contributed by atoms with van der Waals surface area (Å²) in [5.74, 6) is -0.363. The molecule has 0 spiro atoms. The summed E-state index contributed by atoms with van der Waals surface area (Å²) >= 11 is 0. The number of ether oxygens (including phenoxy) is 2. The number of nitrogens with two attached hydrogens (primary N) is 1. The fraction of sp³-hybridized carbons (Fsp3) is 0.300. The quantitative estimate of drug-likeness (QED) is 0.736. The highest BCUT2D eigenvalue weighted by Gasteiger charge is 2.18. The van der Waals surface area contributed by atoms with Crippen LogP contribution >= 0.6 is 0 Å². The smallest absolute Gasteiger partial charge is 0.336 e. The molecule has 0 saturated carbocycles. The minimum Gasteiger partial charge on any atom is -0.493 e. The van der Waals surface area contributed by atoms with E-state index in [0.29, 0.717) is 17.1 Å². The maximum Gasteiger partial charge on any atom is 0.336 e. The molecule has 1 rings (SSSR count). The van der Waals surface area contributed by atoms with Crippen LogP contribution in [0.4, 0.5) is 5.69 Å². The first kappa shape index (κ1) is 11.2. The van der Waals surface area contributed by atoms with E-state index in [4.69, 9.17) is 20.3 Å². The van der Waals surface area contributed by atoms with E-state index in [1.807, 2.05) is 0 Å². The highest BCUT2D eigenvalue weighted by Crippen LogP contribution is 2.37. The van der Waals surface area contributed by atoms with Gasteiger partial charge in [-0.15, -0.1) is 0 Å². The van der Waals surface area contributed by atoms with Crippen molar-refractivity contribution in [3.8, 4) is 11.5 Å². The van der Waals surface area contributed by atoms with Gasteiger partial charge in [-0.25, -0.2) is 4.79 Å². The summed E-state index contributed by atoms with van der Waals surface area (Å²) in [5, 5.41) is 8.92. The maximum absolute atomic E-state index is 10.9. The molecule has 1 aromatic rings. The highest BCUT2D eigenvalue weighted by molar-refractivity contribution is 5.93. The second-order valence-corrected chi connectivity index (χ2v) is 3.00. The SMILES string of the molecule is COc1cc(C(=O)O)c(C)c(N)c1OC. The van der Waals surface area contributed by atoms with Gasteiger partial charge in [-0.3, -0.25) is 0 Å². The van der Waals surface area contributed by atoms with Crippen molar-refractivity contribution in [3.63, 3.8) is 0 Å². The van der Waals surface area contributed by atoms with Crippen LogP contribution in [0.3, 0.4) is 0 Å². The number of carbonyl (C=O) groups is 1. The number of benzene rings is 1. The van der Waals surface area contributed by atoms with Gasteiger partial charge in [-0.2, -0.15) is 0 Å². The Labute approximate surface area is 87.4 Å². The van der Waals surface area contributed by atoms with Crippen molar-refractivity contribution in [1.29, 1.82) is 0 Å². The fourth-order valence-corrected chi connectivity index (χ4v) is 1.34. The molecule has 0 fully saturated rings. The van der Waals surface area contributed by atoms with Crippen molar-refractivity contribution in [3.05, 3.63) is 17.2 Å². The van der Waals surface area contributed by atoms with Crippen molar-refractivity contribution in [2.45, 2.75) is 6.92 Å². The highest BCUT2D eigenvalue weighted by atomic mass is 16.5. The van der Waals surface area contributed by atoms with Crippen molar-refractivity contribution in [2.24, 2.45) is 0 Å². The van der Waals surface area contributed by atoms with Crippen LogP contribution in [0.25, 0.3) is 0 Å². The molecule has 0 aliphatic rings. The van der Waals surface area contributed by atoms with Crippen LogP contribution in [0.2, 0.25) is 0 Å². The lowest BCUT2D eigenvalue weighted by Gasteiger charge is -2.14. The molecule has 0 aliphatic heterocycles. The zero-order chi connectivity index (χ0) is 11.6. The van der Waals surface area contributed by atoms with Crippen LogP contribution < -0.4 is 15.2 Å². The van der Waals surface area contributed by atoms with E-state index in [2.05, 4.69) is 0 Å². The molecule has 3 N–H and O–H groups in total. The molecule has 0 aromatic heterocycles. The predicted molar refractivity (Wildman–Crippen MR) is 55.7 cm³/mol. The van der Waals surface area contributed by atoms with Gasteiger partial charge in [-0.1, -0.05) is 0 Å². The molecule has 0 unspecified atom stereocenters. The van der Waals surface area contributed by atoms with Gasteiger partial charge in [0.05, 0.1) is 25.5 Å². The first-order valence-corrected chi connectivity index (χ1v) is 4.27. The van der Waals surface area contributed by atoms with Crippen LogP contribution in [0.1, 0.15) is 15.9 Å². The molecule has 82 valence electrons. The molecule has 0 amide bonds. The van der Waals surface area contributed by atoms with Gasteiger partial charge < -0.3 is 20.3 Å². The number of hydrogen-bond acceptors (Lipinski definition) is 4. The predicted octanol–water partition coefficient (Wildman–Crippen LogP) is 1.29. The van der Waals surface area contributed by atoms with Gasteiger partial charge in [0.25, 0.3) is 0 Å². The van der Waals surface area contributed by atoms with Crippen molar-refractivity contribution in [2.75, 3.05) is 20.0 Å².